The fraction of sp³-hybridized carbons (Fsp3) is 0.476. The normalized spacial score (nSPS) is 15.1. The van der Waals surface area contributed by atoms with E-state index in [0.29, 0.717) is 31.7 Å². The first kappa shape index (κ1) is 21.2. The minimum atomic E-state index is -0.658. The maximum Gasteiger partial charge on any atom is 0.329 e. The molecule has 0 radical (unpaired) electrons. The number of aromatic nitrogens is 2. The van der Waals surface area contributed by atoms with Crippen molar-refractivity contribution in [3.8, 4) is 5.75 Å². The molecule has 156 valence electrons. The van der Waals surface area contributed by atoms with Crippen LogP contribution < -0.4 is 15.6 Å². The van der Waals surface area contributed by atoms with Gasteiger partial charge in [-0.2, -0.15) is 0 Å². The Morgan fingerprint density at radius 2 is 2.17 bits per heavy atom. The fourth-order valence-corrected chi connectivity index (χ4v) is 3.75. The van der Waals surface area contributed by atoms with Crippen LogP contribution >= 0.6 is 11.6 Å². The highest BCUT2D eigenvalue weighted by atomic mass is 35.5. The third kappa shape index (κ3) is 4.72. The first-order valence-corrected chi connectivity index (χ1v) is 10.2. The molecule has 1 atom stereocenters. The van der Waals surface area contributed by atoms with Crippen LogP contribution in [0.4, 0.5) is 5.82 Å². The van der Waals surface area contributed by atoms with E-state index in [1.165, 1.54) is 4.57 Å². The third-order valence-corrected chi connectivity index (χ3v) is 5.25. The monoisotopic (exact) mass is 419 g/mol. The van der Waals surface area contributed by atoms with Crippen LogP contribution in [0.15, 0.2) is 23.0 Å². The first-order valence-electron chi connectivity index (χ1n) is 9.80. The standard InChI is InChI=1S/C21H26ClN3O4/c1-4-5-8-29-21(27)17-7-6-16-18(22)24-19(20(26)25(16)17)23-12-14-9-13(2)10-15(11-14)28-3/h9-11,17H,4-8,12H2,1-3H3,(H,23,24)/t17-/m0/s1. The van der Waals surface area contributed by atoms with Gasteiger partial charge in [-0.25, -0.2) is 9.78 Å². The van der Waals surface area contributed by atoms with Gasteiger partial charge < -0.3 is 14.8 Å². The van der Waals surface area contributed by atoms with E-state index in [1.54, 1.807) is 7.11 Å². The number of ether oxygens (including phenoxy) is 2. The van der Waals surface area contributed by atoms with Crippen LogP contribution in [0.25, 0.3) is 0 Å². The number of carbonyl (C=O) groups is 1. The summed E-state index contributed by atoms with van der Waals surface area (Å²) in [6, 6.07) is 5.16. The van der Waals surface area contributed by atoms with Crippen LogP contribution in [0.5, 0.6) is 5.75 Å². The predicted molar refractivity (Wildman–Crippen MR) is 112 cm³/mol. The lowest BCUT2D eigenvalue weighted by Crippen LogP contribution is -2.31. The number of fused-ring (bicyclic) bond motifs is 1. The zero-order valence-corrected chi connectivity index (χ0v) is 17.7. The molecule has 1 aromatic heterocycles. The summed E-state index contributed by atoms with van der Waals surface area (Å²) in [4.78, 5) is 29.7. The average molecular weight is 420 g/mol. The van der Waals surface area contributed by atoms with Gasteiger partial charge in [-0.15, -0.1) is 0 Å². The molecule has 3 rings (SSSR count). The highest BCUT2D eigenvalue weighted by molar-refractivity contribution is 6.30. The summed E-state index contributed by atoms with van der Waals surface area (Å²) in [5.74, 6) is 0.469. The van der Waals surface area contributed by atoms with E-state index in [1.807, 2.05) is 32.0 Å². The minimum Gasteiger partial charge on any atom is -0.497 e. The molecule has 2 aromatic rings. The maximum atomic E-state index is 13.0. The Kier molecular flexibility index (Phi) is 6.79. The largest absolute Gasteiger partial charge is 0.497 e. The van der Waals surface area contributed by atoms with Gasteiger partial charge in [0.15, 0.2) is 11.0 Å². The fourth-order valence-electron chi connectivity index (χ4n) is 3.48. The second-order valence-corrected chi connectivity index (χ2v) is 7.52. The predicted octanol–water partition coefficient (Wildman–Crippen LogP) is 3.66. The van der Waals surface area contributed by atoms with Crippen molar-refractivity contribution in [1.82, 2.24) is 9.55 Å². The Labute approximate surface area is 175 Å². The molecule has 1 aliphatic heterocycles. The van der Waals surface area contributed by atoms with Crippen molar-refractivity contribution < 1.29 is 14.3 Å². The Morgan fingerprint density at radius 1 is 1.38 bits per heavy atom. The Bertz CT molecular complexity index is 958. The van der Waals surface area contributed by atoms with Gasteiger partial charge in [0.25, 0.3) is 5.56 Å². The number of hydrogen-bond acceptors (Lipinski definition) is 6. The third-order valence-electron chi connectivity index (χ3n) is 4.95. The van der Waals surface area contributed by atoms with Crippen molar-refractivity contribution in [3.05, 3.63) is 50.5 Å². The molecule has 0 saturated heterocycles. The van der Waals surface area contributed by atoms with E-state index >= 15 is 0 Å². The van der Waals surface area contributed by atoms with Gasteiger partial charge in [0.05, 0.1) is 19.4 Å². The number of halogens is 1. The van der Waals surface area contributed by atoms with Crippen LogP contribution in [0.2, 0.25) is 5.15 Å². The van der Waals surface area contributed by atoms with Crippen LogP contribution in [0, 0.1) is 6.92 Å². The summed E-state index contributed by atoms with van der Waals surface area (Å²) >= 11 is 6.32. The highest BCUT2D eigenvalue weighted by Crippen LogP contribution is 2.30. The second kappa shape index (κ2) is 9.31. The Balaban J connectivity index is 1.82. The molecule has 8 heteroatoms. The molecule has 0 amide bonds. The topological polar surface area (TPSA) is 82.5 Å². The lowest BCUT2D eigenvalue weighted by atomic mass is 10.1. The molecule has 0 unspecified atom stereocenters. The maximum absolute atomic E-state index is 13.0. The molecule has 0 aliphatic carbocycles. The van der Waals surface area contributed by atoms with Gasteiger partial charge in [-0.05, 0) is 49.4 Å². The zero-order valence-electron chi connectivity index (χ0n) is 17.0. The highest BCUT2D eigenvalue weighted by Gasteiger charge is 2.33. The van der Waals surface area contributed by atoms with Crippen LogP contribution in [-0.2, 0) is 22.5 Å². The Morgan fingerprint density at radius 3 is 2.90 bits per heavy atom. The number of nitrogens with one attached hydrogen (secondary N) is 1. The number of methoxy groups -OCH3 is 1. The number of anilines is 1. The van der Waals surface area contributed by atoms with Crippen LogP contribution in [0.3, 0.4) is 0 Å². The lowest BCUT2D eigenvalue weighted by molar-refractivity contribution is -0.147. The summed E-state index contributed by atoms with van der Waals surface area (Å²) in [7, 11) is 1.61. The average Bonchev–Trinajstić information content (AvgIpc) is 3.15. The SMILES string of the molecule is CCCCOC(=O)[C@@H]1CCc2c(Cl)nc(NCc3cc(C)cc(OC)c3)c(=O)n21. The number of esters is 1. The number of aryl methyl sites for hydroxylation is 1. The smallest absolute Gasteiger partial charge is 0.329 e. The number of nitrogens with zero attached hydrogens (tertiary/aromatic N) is 2. The van der Waals surface area contributed by atoms with E-state index in [9.17, 15) is 9.59 Å². The number of benzene rings is 1. The van der Waals surface area contributed by atoms with Crippen molar-refractivity contribution >= 4 is 23.4 Å². The number of rotatable bonds is 8. The summed E-state index contributed by atoms with van der Waals surface area (Å²) in [6.45, 7) is 4.73. The zero-order chi connectivity index (χ0) is 21.0. The molecule has 29 heavy (non-hydrogen) atoms. The molecule has 7 nitrogen and oxygen atoms in total. The van der Waals surface area contributed by atoms with Crippen LogP contribution in [0.1, 0.15) is 49.0 Å². The summed E-state index contributed by atoms with van der Waals surface area (Å²) in [5.41, 5.74) is 2.21. The number of unbranched alkanes of at least 4 members (excludes halogenated alkanes) is 1. The van der Waals surface area contributed by atoms with Crippen molar-refractivity contribution in [2.75, 3.05) is 19.0 Å². The van der Waals surface area contributed by atoms with Gasteiger partial charge in [0, 0.05) is 6.54 Å². The molecule has 0 saturated carbocycles. The van der Waals surface area contributed by atoms with Gasteiger partial charge in [0.1, 0.15) is 11.8 Å². The molecule has 1 aromatic carbocycles. The van der Waals surface area contributed by atoms with E-state index in [-0.39, 0.29) is 16.5 Å². The molecule has 0 spiro atoms. The molecule has 2 heterocycles. The lowest BCUT2D eigenvalue weighted by Gasteiger charge is -2.16. The van der Waals surface area contributed by atoms with Gasteiger partial charge >= 0.3 is 5.97 Å². The van der Waals surface area contributed by atoms with E-state index in [2.05, 4.69) is 10.3 Å². The van der Waals surface area contributed by atoms with Gasteiger partial charge in [-0.1, -0.05) is 31.0 Å². The van der Waals surface area contributed by atoms with Crippen molar-refractivity contribution in [2.45, 2.75) is 52.1 Å². The van der Waals surface area contributed by atoms with Crippen molar-refractivity contribution in [2.24, 2.45) is 0 Å². The van der Waals surface area contributed by atoms with Gasteiger partial charge in [0.2, 0.25) is 0 Å². The van der Waals surface area contributed by atoms with E-state index < -0.39 is 12.0 Å². The van der Waals surface area contributed by atoms with Crippen molar-refractivity contribution in [1.29, 1.82) is 0 Å². The molecule has 1 aliphatic rings. The summed E-state index contributed by atoms with van der Waals surface area (Å²) in [5, 5.41) is 3.29. The minimum absolute atomic E-state index is 0.118. The van der Waals surface area contributed by atoms with Crippen molar-refractivity contribution in [3.63, 3.8) is 0 Å². The van der Waals surface area contributed by atoms with Crippen LogP contribution in [-0.4, -0.2) is 29.2 Å². The molecular formula is C21H26ClN3O4. The first-order chi connectivity index (χ1) is 13.9. The summed E-state index contributed by atoms with van der Waals surface area (Å²) in [6.07, 6.45) is 2.73. The summed E-state index contributed by atoms with van der Waals surface area (Å²) < 4.78 is 12.1. The van der Waals surface area contributed by atoms with E-state index in [0.717, 1.165) is 29.7 Å². The number of hydrogen-bond donors (Lipinski definition) is 1. The van der Waals surface area contributed by atoms with E-state index in [4.69, 9.17) is 21.1 Å². The Hall–Kier alpha value is -2.54. The molecular weight excluding hydrogens is 394 g/mol. The quantitative estimate of drug-likeness (QED) is 0.519. The second-order valence-electron chi connectivity index (χ2n) is 7.16. The van der Waals surface area contributed by atoms with Gasteiger partial charge in [-0.3, -0.25) is 9.36 Å². The molecule has 1 N–H and O–H groups in total. The molecule has 0 fully saturated rings. The molecule has 0 bridgehead atoms. The number of carbonyl (C=O) groups excluding carboxylic acids is 1.